The summed E-state index contributed by atoms with van der Waals surface area (Å²) in [6.45, 7) is 0. The van der Waals surface area contributed by atoms with Crippen molar-refractivity contribution >= 4 is 11.9 Å². The third-order valence-electron chi connectivity index (χ3n) is 7.52. The SMILES string of the molecule is O=C1CC23CCCC2(O1)OC(OC1CC24CCCC2(OC(=O)C4)O1)C3. The van der Waals surface area contributed by atoms with E-state index >= 15 is 0 Å². The number of hydrogen-bond donors (Lipinski definition) is 0. The van der Waals surface area contributed by atoms with Gasteiger partial charge in [-0.05, 0) is 25.7 Å². The Morgan fingerprint density at radius 2 is 1.24 bits per heavy atom. The van der Waals surface area contributed by atoms with Gasteiger partial charge in [0.15, 0.2) is 12.6 Å². The molecule has 6 aliphatic rings. The van der Waals surface area contributed by atoms with E-state index in [4.69, 9.17) is 23.7 Å². The molecule has 2 saturated carbocycles. The van der Waals surface area contributed by atoms with Gasteiger partial charge >= 0.3 is 11.9 Å². The number of carbonyl (C=O) groups is 2. The van der Waals surface area contributed by atoms with Crippen LogP contribution in [0.15, 0.2) is 0 Å². The molecule has 0 bridgehead atoms. The molecule has 0 radical (unpaired) electrons. The topological polar surface area (TPSA) is 80.3 Å². The normalized spacial score (nSPS) is 55.7. The second kappa shape index (κ2) is 4.38. The molecule has 25 heavy (non-hydrogen) atoms. The van der Waals surface area contributed by atoms with Gasteiger partial charge in [-0.3, -0.25) is 9.59 Å². The zero-order valence-electron chi connectivity index (χ0n) is 14.1. The Bertz CT molecular complexity index is 574. The quantitative estimate of drug-likeness (QED) is 0.706. The highest BCUT2D eigenvalue weighted by molar-refractivity contribution is 5.74. The van der Waals surface area contributed by atoms with Gasteiger partial charge in [0.2, 0.25) is 11.6 Å². The van der Waals surface area contributed by atoms with Crippen LogP contribution in [0, 0.1) is 10.8 Å². The smallest absolute Gasteiger partial charge is 0.309 e. The van der Waals surface area contributed by atoms with Crippen LogP contribution in [0.1, 0.15) is 64.2 Å². The maximum atomic E-state index is 11.8. The zero-order chi connectivity index (χ0) is 16.9. The predicted octanol–water partition coefficient (Wildman–Crippen LogP) is 2.12. The first-order valence-corrected chi connectivity index (χ1v) is 9.43. The van der Waals surface area contributed by atoms with Gasteiger partial charge < -0.3 is 23.7 Å². The van der Waals surface area contributed by atoms with E-state index in [1.165, 1.54) is 0 Å². The largest absolute Gasteiger partial charge is 0.432 e. The van der Waals surface area contributed by atoms with Crippen molar-refractivity contribution in [3.8, 4) is 0 Å². The molecule has 0 aromatic rings. The molecule has 0 aromatic heterocycles. The fourth-order valence-electron chi connectivity index (χ4n) is 6.53. The highest BCUT2D eigenvalue weighted by Gasteiger charge is 2.72. The molecule has 0 spiro atoms. The van der Waals surface area contributed by atoms with E-state index in [-0.39, 0.29) is 22.8 Å². The minimum Gasteiger partial charge on any atom is -0.432 e. The van der Waals surface area contributed by atoms with Gasteiger partial charge in [0.25, 0.3) is 0 Å². The van der Waals surface area contributed by atoms with Gasteiger partial charge in [-0.1, -0.05) is 0 Å². The minimum atomic E-state index is -0.790. The van der Waals surface area contributed by atoms with Gasteiger partial charge in [-0.2, -0.15) is 0 Å². The van der Waals surface area contributed by atoms with Crippen LogP contribution in [0.3, 0.4) is 0 Å². The van der Waals surface area contributed by atoms with Crippen LogP contribution in [-0.2, 0) is 33.3 Å². The maximum absolute atomic E-state index is 11.8. The molecule has 2 aliphatic carbocycles. The first-order chi connectivity index (χ1) is 12.0. The molecule has 7 heteroatoms. The molecule has 0 amide bonds. The fraction of sp³-hybridized carbons (Fsp3) is 0.889. The predicted molar refractivity (Wildman–Crippen MR) is 79.5 cm³/mol. The summed E-state index contributed by atoms with van der Waals surface area (Å²) in [5.74, 6) is -1.90. The molecule has 6 rings (SSSR count). The first-order valence-electron chi connectivity index (χ1n) is 9.43. The molecular formula is C18H22O7. The van der Waals surface area contributed by atoms with Crippen molar-refractivity contribution in [1.29, 1.82) is 0 Å². The van der Waals surface area contributed by atoms with Crippen LogP contribution in [0.5, 0.6) is 0 Å². The minimum absolute atomic E-state index is 0.163. The standard InChI is InChI=1S/C18H22O7/c19-11-7-15-3-1-5-17(15,22-11)24-13(9-15)21-14-10-16-4-2-6-18(16,25-14)23-12(20)8-16/h13-14H,1-10H2. The lowest BCUT2D eigenvalue weighted by molar-refractivity contribution is -0.317. The second-order valence-corrected chi connectivity index (χ2v) is 8.71. The Labute approximate surface area is 145 Å². The van der Waals surface area contributed by atoms with E-state index in [1.807, 2.05) is 0 Å². The van der Waals surface area contributed by atoms with E-state index < -0.39 is 24.2 Å². The summed E-state index contributed by atoms with van der Waals surface area (Å²) in [5.41, 5.74) is -0.468. The summed E-state index contributed by atoms with van der Waals surface area (Å²) in [5, 5.41) is 0. The van der Waals surface area contributed by atoms with E-state index in [9.17, 15) is 9.59 Å². The van der Waals surface area contributed by atoms with E-state index in [0.29, 0.717) is 25.7 Å². The highest BCUT2D eigenvalue weighted by atomic mass is 16.9. The average molecular weight is 350 g/mol. The molecule has 4 heterocycles. The lowest BCUT2D eigenvalue weighted by atomic mass is 9.79. The molecule has 0 aromatic carbocycles. The van der Waals surface area contributed by atoms with Gasteiger partial charge in [0.05, 0.1) is 23.7 Å². The molecular weight excluding hydrogens is 328 g/mol. The summed E-state index contributed by atoms with van der Waals surface area (Å²) in [7, 11) is 0. The summed E-state index contributed by atoms with van der Waals surface area (Å²) >= 11 is 0. The second-order valence-electron chi connectivity index (χ2n) is 8.71. The summed E-state index contributed by atoms with van der Waals surface area (Å²) in [6.07, 6.45) is 6.72. The van der Waals surface area contributed by atoms with Crippen molar-refractivity contribution in [2.75, 3.05) is 0 Å². The van der Waals surface area contributed by atoms with Crippen LogP contribution < -0.4 is 0 Å². The highest BCUT2D eigenvalue weighted by Crippen LogP contribution is 2.66. The molecule has 6 unspecified atom stereocenters. The Hall–Kier alpha value is -1.18. The van der Waals surface area contributed by atoms with Crippen molar-refractivity contribution in [2.45, 2.75) is 88.4 Å². The monoisotopic (exact) mass is 350 g/mol. The van der Waals surface area contributed by atoms with Gasteiger partial charge in [-0.15, -0.1) is 0 Å². The maximum Gasteiger partial charge on any atom is 0.309 e. The molecule has 4 saturated heterocycles. The Morgan fingerprint density at radius 1 is 0.760 bits per heavy atom. The molecule has 6 atom stereocenters. The number of hydrogen-bond acceptors (Lipinski definition) is 7. The van der Waals surface area contributed by atoms with Crippen molar-refractivity contribution in [1.82, 2.24) is 0 Å². The Balaban J connectivity index is 1.20. The van der Waals surface area contributed by atoms with Crippen LogP contribution >= 0.6 is 0 Å². The number of ether oxygens (including phenoxy) is 5. The fourth-order valence-corrected chi connectivity index (χ4v) is 6.53. The van der Waals surface area contributed by atoms with Gasteiger partial charge in [-0.25, -0.2) is 0 Å². The van der Waals surface area contributed by atoms with E-state index in [1.54, 1.807) is 0 Å². The lowest BCUT2D eigenvalue weighted by Crippen LogP contribution is -2.37. The van der Waals surface area contributed by atoms with Crippen LogP contribution in [0.25, 0.3) is 0 Å². The summed E-state index contributed by atoms with van der Waals surface area (Å²) < 4.78 is 29.6. The molecule has 7 nitrogen and oxygen atoms in total. The lowest BCUT2D eigenvalue weighted by Gasteiger charge is -2.29. The van der Waals surface area contributed by atoms with Crippen LogP contribution in [0.2, 0.25) is 0 Å². The zero-order valence-corrected chi connectivity index (χ0v) is 14.1. The van der Waals surface area contributed by atoms with E-state index in [2.05, 4.69) is 0 Å². The van der Waals surface area contributed by atoms with Crippen molar-refractivity contribution in [3.63, 3.8) is 0 Å². The number of esters is 2. The Kier molecular flexibility index (Phi) is 2.61. The van der Waals surface area contributed by atoms with Gasteiger partial charge in [0, 0.05) is 25.7 Å². The molecule has 136 valence electrons. The first kappa shape index (κ1) is 14.9. The number of rotatable bonds is 2. The molecule has 6 fully saturated rings. The Morgan fingerprint density at radius 3 is 1.68 bits per heavy atom. The van der Waals surface area contributed by atoms with Crippen molar-refractivity contribution in [2.24, 2.45) is 10.8 Å². The summed E-state index contributed by atoms with van der Waals surface area (Å²) in [4.78, 5) is 23.6. The number of carbonyl (C=O) groups excluding carboxylic acids is 2. The van der Waals surface area contributed by atoms with Crippen LogP contribution in [0.4, 0.5) is 0 Å². The van der Waals surface area contributed by atoms with E-state index in [0.717, 1.165) is 38.5 Å². The molecule has 4 aliphatic heterocycles. The average Bonchev–Trinajstić information content (AvgIpc) is 3.18. The summed E-state index contributed by atoms with van der Waals surface area (Å²) in [6, 6.07) is 0. The van der Waals surface area contributed by atoms with Crippen LogP contribution in [-0.4, -0.2) is 36.1 Å². The van der Waals surface area contributed by atoms with Crippen molar-refractivity contribution in [3.05, 3.63) is 0 Å². The molecule has 0 N–H and O–H groups in total. The van der Waals surface area contributed by atoms with Crippen molar-refractivity contribution < 1.29 is 33.3 Å². The third-order valence-corrected chi connectivity index (χ3v) is 7.52. The van der Waals surface area contributed by atoms with Gasteiger partial charge in [0.1, 0.15) is 0 Å². The third kappa shape index (κ3) is 1.68.